The molecule has 0 radical (unpaired) electrons. The van der Waals surface area contributed by atoms with Crippen molar-refractivity contribution in [2.75, 3.05) is 0 Å². The van der Waals surface area contributed by atoms with Crippen LogP contribution in [0, 0.1) is 0 Å². The zero-order valence-corrected chi connectivity index (χ0v) is 8.81. The number of hydrogen-bond acceptors (Lipinski definition) is 2. The fourth-order valence-electron chi connectivity index (χ4n) is 1.82. The Bertz CT molecular complexity index is 228. The van der Waals surface area contributed by atoms with Gasteiger partial charge in [-0.05, 0) is 26.7 Å². The van der Waals surface area contributed by atoms with E-state index in [9.17, 15) is 4.79 Å². The second-order valence-corrected chi connectivity index (χ2v) is 4.39. The summed E-state index contributed by atoms with van der Waals surface area (Å²) >= 11 is 0. The van der Waals surface area contributed by atoms with E-state index in [4.69, 9.17) is 0 Å². The minimum atomic E-state index is 0.130. The van der Waals surface area contributed by atoms with Crippen molar-refractivity contribution in [3.8, 4) is 0 Å². The van der Waals surface area contributed by atoms with Crippen molar-refractivity contribution in [1.29, 1.82) is 0 Å². The van der Waals surface area contributed by atoms with Gasteiger partial charge in [0.15, 0.2) is 5.78 Å². The van der Waals surface area contributed by atoms with E-state index >= 15 is 0 Å². The Morgan fingerprint density at radius 3 is 2.62 bits per heavy atom. The molecule has 2 heteroatoms. The molecule has 0 unspecified atom stereocenters. The highest BCUT2D eigenvalue weighted by atomic mass is 16.1. The largest absolute Gasteiger partial charge is 0.383 e. The van der Waals surface area contributed by atoms with Crippen LogP contribution in [0.2, 0.25) is 0 Å². The molecular formula is C11H19NO. The van der Waals surface area contributed by atoms with E-state index in [1.807, 2.05) is 0 Å². The van der Waals surface area contributed by atoms with Gasteiger partial charge >= 0.3 is 0 Å². The van der Waals surface area contributed by atoms with E-state index in [1.54, 1.807) is 6.08 Å². The zero-order valence-electron chi connectivity index (χ0n) is 8.81. The lowest BCUT2D eigenvalue weighted by Gasteiger charge is -2.27. The number of rotatable bonds is 4. The molecule has 0 aromatic carbocycles. The van der Waals surface area contributed by atoms with Gasteiger partial charge in [-0.3, -0.25) is 4.79 Å². The molecule has 0 bridgehead atoms. The molecule has 0 atom stereocenters. The first-order chi connectivity index (χ1) is 6.03. The summed E-state index contributed by atoms with van der Waals surface area (Å²) in [7, 11) is 0. The average molecular weight is 181 g/mol. The fraction of sp³-hybridized carbons (Fsp3) is 0.727. The van der Waals surface area contributed by atoms with E-state index < -0.39 is 0 Å². The minimum Gasteiger partial charge on any atom is -0.383 e. The fourth-order valence-corrected chi connectivity index (χ4v) is 1.82. The van der Waals surface area contributed by atoms with Crippen LogP contribution >= 0.6 is 0 Å². The molecule has 0 amide bonds. The van der Waals surface area contributed by atoms with Crippen LogP contribution in [0.4, 0.5) is 0 Å². The van der Waals surface area contributed by atoms with Gasteiger partial charge in [-0.1, -0.05) is 13.3 Å². The van der Waals surface area contributed by atoms with Gasteiger partial charge < -0.3 is 5.32 Å². The van der Waals surface area contributed by atoms with Gasteiger partial charge in [-0.2, -0.15) is 0 Å². The maximum Gasteiger partial charge on any atom is 0.157 e. The third kappa shape index (κ3) is 3.21. The van der Waals surface area contributed by atoms with Crippen LogP contribution in [0.5, 0.6) is 0 Å². The molecular weight excluding hydrogens is 162 g/mol. The van der Waals surface area contributed by atoms with E-state index in [1.165, 1.54) is 6.42 Å². The quantitative estimate of drug-likeness (QED) is 0.721. The third-order valence-corrected chi connectivity index (χ3v) is 2.35. The summed E-state index contributed by atoms with van der Waals surface area (Å²) in [5.41, 5.74) is 1.24. The maximum absolute atomic E-state index is 11.0. The average Bonchev–Trinajstić information content (AvgIpc) is 2.34. The molecule has 0 aromatic rings. The summed E-state index contributed by atoms with van der Waals surface area (Å²) in [6.45, 7) is 6.54. The van der Waals surface area contributed by atoms with Crippen LogP contribution in [0.25, 0.3) is 0 Å². The first-order valence-electron chi connectivity index (χ1n) is 5.05. The molecule has 0 aromatic heterocycles. The van der Waals surface area contributed by atoms with Gasteiger partial charge in [-0.15, -0.1) is 0 Å². The highest BCUT2D eigenvalue weighted by molar-refractivity contribution is 5.92. The van der Waals surface area contributed by atoms with Gasteiger partial charge in [0, 0.05) is 23.7 Å². The molecule has 1 N–H and O–H groups in total. The van der Waals surface area contributed by atoms with E-state index in [0.29, 0.717) is 6.42 Å². The molecule has 0 heterocycles. The van der Waals surface area contributed by atoms with Crippen LogP contribution in [-0.2, 0) is 4.79 Å². The highest BCUT2D eigenvalue weighted by Gasteiger charge is 2.20. The van der Waals surface area contributed by atoms with Crippen molar-refractivity contribution >= 4 is 5.78 Å². The van der Waals surface area contributed by atoms with E-state index in [2.05, 4.69) is 26.1 Å². The molecule has 1 aliphatic rings. The Balaban J connectivity index is 2.48. The lowest BCUT2D eigenvalue weighted by Crippen LogP contribution is -2.37. The van der Waals surface area contributed by atoms with Crippen molar-refractivity contribution < 1.29 is 4.79 Å². The van der Waals surface area contributed by atoms with Gasteiger partial charge in [0.1, 0.15) is 0 Å². The Morgan fingerprint density at radius 1 is 1.46 bits per heavy atom. The van der Waals surface area contributed by atoms with Crippen molar-refractivity contribution in [1.82, 2.24) is 5.32 Å². The molecule has 0 saturated carbocycles. The topological polar surface area (TPSA) is 29.1 Å². The summed E-state index contributed by atoms with van der Waals surface area (Å²) in [6.07, 6.45) is 5.63. The predicted molar refractivity (Wildman–Crippen MR) is 54.4 cm³/mol. The molecule has 0 fully saturated rings. The predicted octanol–water partition coefficient (Wildman–Crippen LogP) is 2.40. The highest BCUT2D eigenvalue weighted by Crippen LogP contribution is 2.18. The number of carbonyl (C=O) groups is 1. The monoisotopic (exact) mass is 181 g/mol. The number of allylic oxidation sites excluding steroid dienone is 2. The summed E-state index contributed by atoms with van der Waals surface area (Å²) < 4.78 is 0. The van der Waals surface area contributed by atoms with E-state index in [0.717, 1.165) is 18.5 Å². The van der Waals surface area contributed by atoms with Gasteiger partial charge in [0.25, 0.3) is 0 Å². The Labute approximate surface area is 80.4 Å². The molecule has 0 aliphatic heterocycles. The van der Waals surface area contributed by atoms with Crippen LogP contribution in [0.1, 0.15) is 46.5 Å². The summed E-state index contributed by atoms with van der Waals surface area (Å²) in [6, 6.07) is 0. The van der Waals surface area contributed by atoms with Crippen molar-refractivity contribution in [3.05, 3.63) is 11.8 Å². The summed E-state index contributed by atoms with van der Waals surface area (Å²) in [4.78, 5) is 11.0. The Hall–Kier alpha value is -0.790. The molecule has 0 saturated heterocycles. The zero-order chi connectivity index (χ0) is 9.90. The van der Waals surface area contributed by atoms with Gasteiger partial charge in [0.05, 0.1) is 0 Å². The molecule has 13 heavy (non-hydrogen) atoms. The summed E-state index contributed by atoms with van der Waals surface area (Å²) in [5.74, 6) is 0.259. The van der Waals surface area contributed by atoms with Crippen LogP contribution in [-0.4, -0.2) is 11.3 Å². The lowest BCUT2D eigenvalue weighted by molar-refractivity contribution is -0.114. The second-order valence-electron chi connectivity index (χ2n) is 4.39. The molecule has 2 nitrogen and oxygen atoms in total. The first-order valence-corrected chi connectivity index (χ1v) is 5.05. The second kappa shape index (κ2) is 3.95. The molecule has 1 rings (SSSR count). The summed E-state index contributed by atoms with van der Waals surface area (Å²) in [5, 5.41) is 3.43. The van der Waals surface area contributed by atoms with Gasteiger partial charge in [-0.25, -0.2) is 0 Å². The standard InChI is InChI=1S/C11H19NO/c1-4-7-11(2,3)12-9-5-6-10(13)8-9/h8,12H,4-7H2,1-3H3. The number of nitrogens with one attached hydrogen (secondary N) is 1. The first kappa shape index (κ1) is 10.3. The minimum absolute atomic E-state index is 0.130. The normalized spacial score (nSPS) is 17.5. The molecule has 1 aliphatic carbocycles. The van der Waals surface area contributed by atoms with Crippen LogP contribution < -0.4 is 5.32 Å². The van der Waals surface area contributed by atoms with Gasteiger partial charge in [0.2, 0.25) is 0 Å². The maximum atomic E-state index is 11.0. The number of ketones is 1. The Kier molecular flexibility index (Phi) is 3.12. The molecule has 0 spiro atoms. The van der Waals surface area contributed by atoms with Crippen molar-refractivity contribution in [3.63, 3.8) is 0 Å². The Morgan fingerprint density at radius 2 is 2.15 bits per heavy atom. The van der Waals surface area contributed by atoms with Crippen molar-refractivity contribution in [2.24, 2.45) is 0 Å². The van der Waals surface area contributed by atoms with Crippen LogP contribution in [0.3, 0.4) is 0 Å². The van der Waals surface area contributed by atoms with E-state index in [-0.39, 0.29) is 11.3 Å². The smallest absolute Gasteiger partial charge is 0.157 e. The molecule has 74 valence electrons. The number of hydrogen-bond donors (Lipinski definition) is 1. The SMILES string of the molecule is CCCC(C)(C)NC1=CC(=O)CC1. The van der Waals surface area contributed by atoms with Crippen LogP contribution in [0.15, 0.2) is 11.8 Å². The number of carbonyl (C=O) groups excluding carboxylic acids is 1. The van der Waals surface area contributed by atoms with Crippen molar-refractivity contribution in [2.45, 2.75) is 52.0 Å². The third-order valence-electron chi connectivity index (χ3n) is 2.35. The lowest BCUT2D eigenvalue weighted by atomic mass is 9.98.